The van der Waals surface area contributed by atoms with Crippen LogP contribution >= 0.6 is 0 Å². The molecule has 0 bridgehead atoms. The van der Waals surface area contributed by atoms with Crippen molar-refractivity contribution in [3.8, 4) is 17.0 Å². The van der Waals surface area contributed by atoms with E-state index < -0.39 is 0 Å². The van der Waals surface area contributed by atoms with E-state index in [9.17, 15) is 4.79 Å². The van der Waals surface area contributed by atoms with Crippen molar-refractivity contribution < 1.29 is 14.3 Å². The molecule has 2 N–H and O–H groups in total. The second-order valence-corrected chi connectivity index (χ2v) is 8.91. The Morgan fingerprint density at radius 3 is 2.71 bits per heavy atom. The Morgan fingerprint density at radius 2 is 2.00 bits per heavy atom. The van der Waals surface area contributed by atoms with Crippen LogP contribution in [-0.4, -0.2) is 62.8 Å². The topological polar surface area (TPSA) is 107 Å². The van der Waals surface area contributed by atoms with Gasteiger partial charge in [0.05, 0.1) is 18.9 Å². The number of amides is 1. The van der Waals surface area contributed by atoms with Gasteiger partial charge in [-0.3, -0.25) is 9.20 Å². The first kappa shape index (κ1) is 22.1. The standard InChI is InChI=1S/C24H29N7O3/c1-24(34-4)10-7-16(8-11-24)27-23-28-22(33-3)20-17(9-12-31(20)29-23)15-5-6-19-26-13-18(21(32)25-2)30(19)14-15/h5-6,9,12-14,16H,7-8,10-11H2,1-4H3,(H,25,32)(H,27,29)/t16-,24-. The minimum atomic E-state index is -0.198. The van der Waals surface area contributed by atoms with Gasteiger partial charge in [0.1, 0.15) is 16.9 Å². The minimum absolute atomic E-state index is 0.0516. The molecule has 0 saturated heterocycles. The molecule has 34 heavy (non-hydrogen) atoms. The molecule has 5 rings (SSSR count). The molecule has 1 aliphatic rings. The highest BCUT2D eigenvalue weighted by molar-refractivity contribution is 5.93. The Labute approximate surface area is 197 Å². The first-order valence-corrected chi connectivity index (χ1v) is 11.4. The van der Waals surface area contributed by atoms with Gasteiger partial charge < -0.3 is 20.1 Å². The number of anilines is 1. The molecule has 1 amide bonds. The second kappa shape index (κ2) is 8.60. The highest BCUT2D eigenvalue weighted by atomic mass is 16.5. The second-order valence-electron chi connectivity index (χ2n) is 8.91. The Kier molecular flexibility index (Phi) is 5.60. The van der Waals surface area contributed by atoms with E-state index in [1.54, 1.807) is 36.4 Å². The number of fused-ring (bicyclic) bond motifs is 2. The number of nitrogens with one attached hydrogen (secondary N) is 2. The molecule has 0 unspecified atom stereocenters. The molecule has 0 radical (unpaired) electrons. The lowest BCUT2D eigenvalue weighted by molar-refractivity contribution is -0.0253. The number of pyridine rings is 1. The van der Waals surface area contributed by atoms with E-state index in [1.165, 1.54) is 0 Å². The summed E-state index contributed by atoms with van der Waals surface area (Å²) in [6, 6.07) is 6.10. The fourth-order valence-electron chi connectivity index (χ4n) is 4.62. The van der Waals surface area contributed by atoms with Gasteiger partial charge in [-0.2, -0.15) is 4.98 Å². The van der Waals surface area contributed by atoms with Crippen LogP contribution in [0.25, 0.3) is 22.3 Å². The van der Waals surface area contributed by atoms with Crippen molar-refractivity contribution in [2.24, 2.45) is 0 Å². The summed E-state index contributed by atoms with van der Waals surface area (Å²) in [4.78, 5) is 21.2. The normalized spacial score (nSPS) is 20.5. The number of imidazole rings is 1. The van der Waals surface area contributed by atoms with Crippen molar-refractivity contribution >= 4 is 23.0 Å². The Morgan fingerprint density at radius 1 is 1.21 bits per heavy atom. The molecule has 0 aliphatic heterocycles. The lowest BCUT2D eigenvalue weighted by atomic mass is 9.83. The number of hydrogen-bond acceptors (Lipinski definition) is 7. The summed E-state index contributed by atoms with van der Waals surface area (Å²) in [7, 11) is 4.99. The van der Waals surface area contributed by atoms with E-state index in [1.807, 2.05) is 30.6 Å². The summed E-state index contributed by atoms with van der Waals surface area (Å²) in [6.07, 6.45) is 9.31. The number of ether oxygens (including phenoxy) is 2. The van der Waals surface area contributed by atoms with Crippen LogP contribution in [0.2, 0.25) is 0 Å². The first-order chi connectivity index (χ1) is 16.4. The summed E-state index contributed by atoms with van der Waals surface area (Å²) in [6.45, 7) is 2.16. The fraction of sp³-hybridized carbons (Fsp3) is 0.417. The van der Waals surface area contributed by atoms with E-state index >= 15 is 0 Å². The Balaban J connectivity index is 1.48. The average Bonchev–Trinajstić information content (AvgIpc) is 3.48. The van der Waals surface area contributed by atoms with E-state index in [-0.39, 0.29) is 17.6 Å². The van der Waals surface area contributed by atoms with Gasteiger partial charge in [0.25, 0.3) is 5.91 Å². The van der Waals surface area contributed by atoms with Crippen LogP contribution < -0.4 is 15.4 Å². The molecular formula is C24H29N7O3. The highest BCUT2D eigenvalue weighted by Crippen LogP contribution is 2.34. The van der Waals surface area contributed by atoms with Gasteiger partial charge in [-0.25, -0.2) is 9.50 Å². The van der Waals surface area contributed by atoms with E-state index in [0.717, 1.165) is 42.3 Å². The SMILES string of the molecule is CNC(=O)c1cnc2ccc(-c3ccn4nc(N[C@H]5CC[C@](C)(OC)CC5)nc(OC)c34)cn12. The van der Waals surface area contributed by atoms with Gasteiger partial charge in [-0.15, -0.1) is 5.10 Å². The lowest BCUT2D eigenvalue weighted by Gasteiger charge is -2.36. The maximum Gasteiger partial charge on any atom is 0.269 e. The Bertz CT molecular complexity index is 1350. The van der Waals surface area contributed by atoms with Gasteiger partial charge in [0.2, 0.25) is 11.8 Å². The zero-order chi connectivity index (χ0) is 23.9. The van der Waals surface area contributed by atoms with Gasteiger partial charge in [0, 0.05) is 43.7 Å². The third kappa shape index (κ3) is 3.83. The largest absolute Gasteiger partial charge is 0.479 e. The van der Waals surface area contributed by atoms with Crippen molar-refractivity contribution in [2.75, 3.05) is 26.6 Å². The van der Waals surface area contributed by atoms with E-state index in [0.29, 0.717) is 23.2 Å². The molecule has 0 atom stereocenters. The van der Waals surface area contributed by atoms with Gasteiger partial charge in [-0.05, 0) is 50.8 Å². The summed E-state index contributed by atoms with van der Waals surface area (Å²) in [5.41, 5.74) is 3.66. The molecule has 178 valence electrons. The van der Waals surface area contributed by atoms with Crippen LogP contribution in [0.4, 0.5) is 5.95 Å². The van der Waals surface area contributed by atoms with Crippen LogP contribution in [-0.2, 0) is 4.74 Å². The van der Waals surface area contributed by atoms with Crippen LogP contribution in [0, 0.1) is 0 Å². The number of rotatable bonds is 6. The number of carbonyl (C=O) groups excluding carboxylic acids is 1. The average molecular weight is 464 g/mol. The quantitative estimate of drug-likeness (QED) is 0.452. The van der Waals surface area contributed by atoms with Crippen LogP contribution in [0.3, 0.4) is 0 Å². The van der Waals surface area contributed by atoms with Crippen molar-refractivity contribution in [3.05, 3.63) is 42.5 Å². The summed E-state index contributed by atoms with van der Waals surface area (Å²) in [5.74, 6) is 0.813. The maximum atomic E-state index is 12.2. The number of hydrogen-bond donors (Lipinski definition) is 2. The minimum Gasteiger partial charge on any atom is -0.479 e. The van der Waals surface area contributed by atoms with Crippen molar-refractivity contribution in [1.82, 2.24) is 29.3 Å². The smallest absolute Gasteiger partial charge is 0.269 e. The highest BCUT2D eigenvalue weighted by Gasteiger charge is 2.31. The molecule has 4 aromatic rings. The van der Waals surface area contributed by atoms with Crippen molar-refractivity contribution in [2.45, 2.75) is 44.2 Å². The maximum absolute atomic E-state index is 12.2. The molecule has 0 aromatic carbocycles. The van der Waals surface area contributed by atoms with E-state index in [4.69, 9.17) is 14.6 Å². The molecule has 10 nitrogen and oxygen atoms in total. The summed E-state index contributed by atoms with van der Waals surface area (Å²) >= 11 is 0. The number of aromatic nitrogens is 5. The molecule has 4 heterocycles. The predicted octanol–water partition coefficient (Wildman–Crippen LogP) is 3.17. The molecule has 1 aliphatic carbocycles. The molecule has 0 spiro atoms. The lowest BCUT2D eigenvalue weighted by Crippen LogP contribution is -2.37. The van der Waals surface area contributed by atoms with Crippen molar-refractivity contribution in [1.29, 1.82) is 0 Å². The fourth-order valence-corrected chi connectivity index (χ4v) is 4.62. The number of nitrogens with zero attached hydrogens (tertiary/aromatic N) is 5. The molecular weight excluding hydrogens is 434 g/mol. The van der Waals surface area contributed by atoms with Crippen LogP contribution in [0.5, 0.6) is 5.88 Å². The van der Waals surface area contributed by atoms with E-state index in [2.05, 4.69) is 27.5 Å². The Hall–Kier alpha value is -3.66. The molecule has 1 fully saturated rings. The third-order valence-electron chi connectivity index (χ3n) is 6.82. The number of carbonyl (C=O) groups is 1. The summed E-state index contributed by atoms with van der Waals surface area (Å²) in [5, 5.41) is 10.8. The third-order valence-corrected chi connectivity index (χ3v) is 6.82. The zero-order valence-electron chi connectivity index (χ0n) is 19.8. The molecule has 1 saturated carbocycles. The monoisotopic (exact) mass is 463 g/mol. The van der Waals surface area contributed by atoms with Gasteiger partial charge >= 0.3 is 0 Å². The predicted molar refractivity (Wildman–Crippen MR) is 128 cm³/mol. The zero-order valence-corrected chi connectivity index (χ0v) is 19.8. The van der Waals surface area contributed by atoms with Crippen LogP contribution in [0.1, 0.15) is 43.1 Å². The van der Waals surface area contributed by atoms with Gasteiger partial charge in [-0.1, -0.05) is 0 Å². The summed E-state index contributed by atoms with van der Waals surface area (Å²) < 4.78 is 14.9. The number of methoxy groups -OCH3 is 2. The van der Waals surface area contributed by atoms with Crippen LogP contribution in [0.15, 0.2) is 36.8 Å². The first-order valence-electron chi connectivity index (χ1n) is 11.4. The molecule has 4 aromatic heterocycles. The molecule has 10 heteroatoms. The van der Waals surface area contributed by atoms with Crippen molar-refractivity contribution in [3.63, 3.8) is 0 Å². The van der Waals surface area contributed by atoms with Gasteiger partial charge in [0.15, 0.2) is 0 Å².